The zero-order chi connectivity index (χ0) is 13.7. The van der Waals surface area contributed by atoms with Crippen LogP contribution in [0.5, 0.6) is 0 Å². The minimum Gasteiger partial charge on any atom is -0.326 e. The monoisotopic (exact) mass is 257 g/mol. The summed E-state index contributed by atoms with van der Waals surface area (Å²) < 4.78 is 13.4. The Kier molecular flexibility index (Phi) is 4.29. The Morgan fingerprint density at radius 2 is 1.79 bits per heavy atom. The number of hydrogen-bond donors (Lipinski definition) is 1. The molecule has 2 rings (SSSR count). The first kappa shape index (κ1) is 13.3. The van der Waals surface area contributed by atoms with Crippen LogP contribution in [0.4, 0.5) is 10.1 Å². The summed E-state index contributed by atoms with van der Waals surface area (Å²) in [6.07, 6.45) is 0.680. The summed E-state index contributed by atoms with van der Waals surface area (Å²) in [5.41, 5.74) is 2.48. The molecule has 0 radical (unpaired) electrons. The normalized spacial score (nSPS) is 10.2. The van der Waals surface area contributed by atoms with E-state index in [1.165, 1.54) is 6.07 Å². The molecule has 0 heterocycles. The zero-order valence-corrected chi connectivity index (χ0v) is 10.8. The Balaban J connectivity index is 1.88. The third kappa shape index (κ3) is 3.91. The minimum atomic E-state index is -0.259. The summed E-state index contributed by atoms with van der Waals surface area (Å²) in [7, 11) is 0. The van der Waals surface area contributed by atoms with Crippen molar-refractivity contribution in [2.45, 2.75) is 19.8 Å². The number of carbonyl (C=O) groups is 1. The van der Waals surface area contributed by atoms with Gasteiger partial charge in [0.15, 0.2) is 0 Å². The topological polar surface area (TPSA) is 29.1 Å². The zero-order valence-electron chi connectivity index (χ0n) is 10.8. The van der Waals surface area contributed by atoms with E-state index in [-0.39, 0.29) is 18.1 Å². The van der Waals surface area contributed by atoms with Gasteiger partial charge in [-0.15, -0.1) is 0 Å². The molecule has 0 spiro atoms. The number of rotatable bonds is 4. The van der Waals surface area contributed by atoms with Crippen LogP contribution in [0.25, 0.3) is 0 Å². The Labute approximate surface area is 112 Å². The van der Waals surface area contributed by atoms with Gasteiger partial charge in [0.1, 0.15) is 5.82 Å². The van der Waals surface area contributed by atoms with Crippen LogP contribution in [0.2, 0.25) is 0 Å². The second-order valence-corrected chi connectivity index (χ2v) is 4.51. The van der Waals surface area contributed by atoms with E-state index in [2.05, 4.69) is 5.32 Å². The van der Waals surface area contributed by atoms with Gasteiger partial charge in [0.2, 0.25) is 5.91 Å². The molecule has 98 valence electrons. The standard InChI is InChI=1S/C16H16FNO/c1-12-6-9-14(10-7-12)18-16(19)11-8-13-4-2-3-5-15(13)17/h2-7,9-10H,8,11H2,1H3,(H,18,19). The van der Waals surface area contributed by atoms with Crippen molar-refractivity contribution in [2.24, 2.45) is 0 Å². The van der Waals surface area contributed by atoms with E-state index in [0.29, 0.717) is 12.0 Å². The van der Waals surface area contributed by atoms with Gasteiger partial charge in [-0.05, 0) is 37.1 Å². The molecule has 0 bridgehead atoms. The van der Waals surface area contributed by atoms with Gasteiger partial charge >= 0.3 is 0 Å². The fraction of sp³-hybridized carbons (Fsp3) is 0.188. The Morgan fingerprint density at radius 3 is 2.47 bits per heavy atom. The Morgan fingerprint density at radius 1 is 1.11 bits per heavy atom. The molecule has 2 aromatic rings. The van der Waals surface area contributed by atoms with E-state index < -0.39 is 0 Å². The van der Waals surface area contributed by atoms with E-state index in [0.717, 1.165) is 11.3 Å². The molecule has 0 saturated heterocycles. The van der Waals surface area contributed by atoms with Gasteiger partial charge in [0.05, 0.1) is 0 Å². The summed E-state index contributed by atoms with van der Waals surface area (Å²) >= 11 is 0. The second-order valence-electron chi connectivity index (χ2n) is 4.51. The lowest BCUT2D eigenvalue weighted by Gasteiger charge is -2.06. The van der Waals surface area contributed by atoms with Crippen molar-refractivity contribution in [3.63, 3.8) is 0 Å². The van der Waals surface area contributed by atoms with Gasteiger partial charge in [0.25, 0.3) is 0 Å². The average molecular weight is 257 g/mol. The molecular weight excluding hydrogens is 241 g/mol. The highest BCUT2D eigenvalue weighted by Crippen LogP contribution is 2.11. The molecule has 0 saturated carbocycles. The number of hydrogen-bond acceptors (Lipinski definition) is 1. The third-order valence-electron chi connectivity index (χ3n) is 2.91. The van der Waals surface area contributed by atoms with Gasteiger partial charge in [0, 0.05) is 12.1 Å². The van der Waals surface area contributed by atoms with Gasteiger partial charge in [-0.25, -0.2) is 4.39 Å². The van der Waals surface area contributed by atoms with Gasteiger partial charge < -0.3 is 5.32 Å². The maximum absolute atomic E-state index is 13.4. The van der Waals surface area contributed by atoms with Crippen molar-refractivity contribution in [1.29, 1.82) is 0 Å². The molecule has 0 aliphatic heterocycles. The molecule has 2 nitrogen and oxygen atoms in total. The Hall–Kier alpha value is -2.16. The van der Waals surface area contributed by atoms with Gasteiger partial charge in [-0.3, -0.25) is 4.79 Å². The second kappa shape index (κ2) is 6.14. The molecule has 0 unspecified atom stereocenters. The van der Waals surface area contributed by atoms with Crippen molar-refractivity contribution in [1.82, 2.24) is 0 Å². The van der Waals surface area contributed by atoms with E-state index in [1.807, 2.05) is 31.2 Å². The lowest BCUT2D eigenvalue weighted by atomic mass is 10.1. The molecular formula is C16H16FNO. The number of halogens is 1. The van der Waals surface area contributed by atoms with Crippen LogP contribution in [0.1, 0.15) is 17.5 Å². The van der Waals surface area contributed by atoms with Crippen LogP contribution < -0.4 is 5.32 Å². The van der Waals surface area contributed by atoms with Crippen molar-refractivity contribution < 1.29 is 9.18 Å². The number of benzene rings is 2. The van der Waals surface area contributed by atoms with E-state index in [4.69, 9.17) is 0 Å². The molecule has 1 amide bonds. The summed E-state index contributed by atoms with van der Waals surface area (Å²) in [4.78, 5) is 11.7. The van der Waals surface area contributed by atoms with Gasteiger partial charge in [-0.2, -0.15) is 0 Å². The Bertz CT molecular complexity index is 563. The molecule has 2 aromatic carbocycles. The quantitative estimate of drug-likeness (QED) is 0.889. The van der Waals surface area contributed by atoms with Crippen LogP contribution in [0.15, 0.2) is 48.5 Å². The third-order valence-corrected chi connectivity index (χ3v) is 2.91. The summed E-state index contributed by atoms with van der Waals surface area (Å²) in [5.74, 6) is -0.363. The van der Waals surface area contributed by atoms with Crippen LogP contribution in [-0.2, 0) is 11.2 Å². The van der Waals surface area contributed by atoms with Crippen LogP contribution in [0, 0.1) is 12.7 Å². The first-order valence-corrected chi connectivity index (χ1v) is 6.25. The number of amides is 1. The first-order valence-electron chi connectivity index (χ1n) is 6.25. The summed E-state index contributed by atoms with van der Waals surface area (Å²) in [6, 6.07) is 14.1. The molecule has 0 aliphatic carbocycles. The highest BCUT2D eigenvalue weighted by Gasteiger charge is 2.05. The van der Waals surface area contributed by atoms with Crippen LogP contribution in [0.3, 0.4) is 0 Å². The molecule has 0 fully saturated rings. The fourth-order valence-corrected chi connectivity index (χ4v) is 1.81. The van der Waals surface area contributed by atoms with E-state index >= 15 is 0 Å². The molecule has 1 N–H and O–H groups in total. The number of nitrogens with one attached hydrogen (secondary N) is 1. The molecule has 0 aromatic heterocycles. The van der Waals surface area contributed by atoms with Crippen molar-refractivity contribution in [3.05, 3.63) is 65.5 Å². The number of aryl methyl sites for hydroxylation is 2. The van der Waals surface area contributed by atoms with Crippen LogP contribution >= 0.6 is 0 Å². The lowest BCUT2D eigenvalue weighted by Crippen LogP contribution is -2.12. The largest absolute Gasteiger partial charge is 0.326 e. The van der Waals surface area contributed by atoms with Gasteiger partial charge in [-0.1, -0.05) is 35.9 Å². The highest BCUT2D eigenvalue weighted by molar-refractivity contribution is 5.90. The predicted octanol–water partition coefficient (Wildman–Crippen LogP) is 3.71. The molecule has 19 heavy (non-hydrogen) atoms. The van der Waals surface area contributed by atoms with E-state index in [9.17, 15) is 9.18 Å². The smallest absolute Gasteiger partial charge is 0.224 e. The average Bonchev–Trinajstić information content (AvgIpc) is 2.40. The minimum absolute atomic E-state index is 0.105. The van der Waals surface area contributed by atoms with E-state index in [1.54, 1.807) is 18.2 Å². The molecule has 0 aliphatic rings. The lowest BCUT2D eigenvalue weighted by molar-refractivity contribution is -0.116. The maximum atomic E-state index is 13.4. The predicted molar refractivity (Wildman–Crippen MR) is 74.5 cm³/mol. The number of anilines is 1. The molecule has 3 heteroatoms. The summed E-state index contributed by atoms with van der Waals surface area (Å²) in [5, 5.41) is 2.80. The number of carbonyl (C=O) groups excluding carboxylic acids is 1. The highest BCUT2D eigenvalue weighted by atomic mass is 19.1. The first-order chi connectivity index (χ1) is 9.15. The summed E-state index contributed by atoms with van der Waals surface area (Å²) in [6.45, 7) is 1.99. The van der Waals surface area contributed by atoms with Crippen molar-refractivity contribution >= 4 is 11.6 Å². The maximum Gasteiger partial charge on any atom is 0.224 e. The van der Waals surface area contributed by atoms with Crippen molar-refractivity contribution in [2.75, 3.05) is 5.32 Å². The van der Waals surface area contributed by atoms with Crippen molar-refractivity contribution in [3.8, 4) is 0 Å². The fourth-order valence-electron chi connectivity index (χ4n) is 1.81. The SMILES string of the molecule is Cc1ccc(NC(=O)CCc2ccccc2F)cc1. The molecule has 0 atom stereocenters. The van der Waals surface area contributed by atoms with Crippen LogP contribution in [-0.4, -0.2) is 5.91 Å².